The van der Waals surface area contributed by atoms with Gasteiger partial charge in [0.15, 0.2) is 0 Å². The summed E-state index contributed by atoms with van der Waals surface area (Å²) in [4.78, 5) is 38.8. The first-order valence-corrected chi connectivity index (χ1v) is 8.71. The van der Waals surface area contributed by atoms with Crippen molar-refractivity contribution in [1.82, 2.24) is 0 Å². The number of carboxylic acids is 2. The lowest BCUT2D eigenvalue weighted by molar-refractivity contribution is -0.132. The second-order valence-corrected chi connectivity index (χ2v) is 5.84. The van der Waals surface area contributed by atoms with Gasteiger partial charge in [0.1, 0.15) is 11.5 Å². The SMILES string of the molecule is Cc1cc(Oc2ccc(N)cc2)ccc1N.NC(=O)/C=C\C(=O)O.NC(=O)/C=C\C(=O)O. The predicted octanol–water partition coefficient (Wildman–Crippen LogP) is 1.18. The van der Waals surface area contributed by atoms with Crippen molar-refractivity contribution < 1.29 is 34.1 Å². The summed E-state index contributed by atoms with van der Waals surface area (Å²) < 4.78 is 5.66. The number of carboxylic acid groups (broad SMARTS) is 2. The number of rotatable bonds is 6. The third-order valence-electron chi connectivity index (χ3n) is 3.14. The van der Waals surface area contributed by atoms with E-state index in [1.165, 1.54) is 0 Å². The number of aryl methyl sites for hydroxylation is 1. The standard InChI is InChI=1S/C13H14N2O.2C4H5NO3/c1-9-8-12(6-7-13(9)15)16-11-4-2-10(14)3-5-11;2*5-3(6)1-2-4(7)8/h2-8H,14-15H2,1H3;2*1-2H,(H2,5,6)(H,7,8)/b;2*2-1-. The van der Waals surface area contributed by atoms with E-state index < -0.39 is 23.8 Å². The van der Waals surface area contributed by atoms with Crippen LogP contribution in [0.5, 0.6) is 11.5 Å². The molecule has 11 nitrogen and oxygen atoms in total. The van der Waals surface area contributed by atoms with Gasteiger partial charge in [0.25, 0.3) is 0 Å². The van der Waals surface area contributed by atoms with Crippen LogP contribution < -0.4 is 27.7 Å². The number of primary amides is 2. The fourth-order valence-electron chi connectivity index (χ4n) is 1.69. The van der Waals surface area contributed by atoms with Gasteiger partial charge in [-0.2, -0.15) is 0 Å². The largest absolute Gasteiger partial charge is 0.478 e. The van der Waals surface area contributed by atoms with Crippen molar-refractivity contribution in [2.24, 2.45) is 11.5 Å². The van der Waals surface area contributed by atoms with Gasteiger partial charge in [0.2, 0.25) is 11.8 Å². The average molecular weight is 444 g/mol. The number of nitrogens with two attached hydrogens (primary N) is 4. The maximum absolute atomic E-state index is 9.78. The van der Waals surface area contributed by atoms with Gasteiger partial charge >= 0.3 is 11.9 Å². The topological polar surface area (TPSA) is 222 Å². The van der Waals surface area contributed by atoms with E-state index in [2.05, 4.69) is 11.5 Å². The number of carbonyl (C=O) groups excluding carboxylic acids is 2. The lowest BCUT2D eigenvalue weighted by atomic mass is 10.2. The molecule has 0 bridgehead atoms. The molecule has 11 heteroatoms. The van der Waals surface area contributed by atoms with E-state index in [9.17, 15) is 19.2 Å². The van der Waals surface area contributed by atoms with Crippen LogP contribution in [0, 0.1) is 6.92 Å². The van der Waals surface area contributed by atoms with Gasteiger partial charge in [-0.3, -0.25) is 9.59 Å². The van der Waals surface area contributed by atoms with Crippen LogP contribution in [0.3, 0.4) is 0 Å². The Hall–Kier alpha value is -4.80. The molecule has 0 atom stereocenters. The van der Waals surface area contributed by atoms with Crippen LogP contribution in [0.25, 0.3) is 0 Å². The Morgan fingerprint density at radius 3 is 1.53 bits per heavy atom. The minimum atomic E-state index is -1.18. The molecule has 0 aliphatic rings. The molecule has 10 N–H and O–H groups in total. The fourth-order valence-corrected chi connectivity index (χ4v) is 1.69. The normalized spacial score (nSPS) is 9.78. The zero-order valence-electron chi connectivity index (χ0n) is 17.1. The Bertz CT molecular complexity index is 934. The molecule has 32 heavy (non-hydrogen) atoms. The van der Waals surface area contributed by atoms with Gasteiger partial charge in [-0.15, -0.1) is 0 Å². The van der Waals surface area contributed by atoms with Gasteiger partial charge < -0.3 is 37.9 Å². The molecule has 2 amide bonds. The summed E-state index contributed by atoms with van der Waals surface area (Å²) in [5.41, 5.74) is 22.9. The highest BCUT2D eigenvalue weighted by atomic mass is 16.5. The monoisotopic (exact) mass is 444 g/mol. The zero-order chi connectivity index (χ0) is 24.7. The fraction of sp³-hybridized carbons (Fsp3) is 0.0476. The van der Waals surface area contributed by atoms with Crippen molar-refractivity contribution in [3.05, 3.63) is 72.3 Å². The van der Waals surface area contributed by atoms with Crippen LogP contribution in [0.4, 0.5) is 11.4 Å². The van der Waals surface area contributed by atoms with E-state index in [4.69, 9.17) is 26.4 Å². The van der Waals surface area contributed by atoms with Gasteiger partial charge in [-0.1, -0.05) is 0 Å². The third kappa shape index (κ3) is 14.2. The second-order valence-electron chi connectivity index (χ2n) is 5.84. The Kier molecular flexibility index (Phi) is 12.1. The lowest BCUT2D eigenvalue weighted by Gasteiger charge is -2.07. The summed E-state index contributed by atoms with van der Waals surface area (Å²) >= 11 is 0. The summed E-state index contributed by atoms with van der Waals surface area (Å²) in [6.07, 6.45) is 2.93. The van der Waals surface area contributed by atoms with Crippen molar-refractivity contribution in [3.8, 4) is 11.5 Å². The summed E-state index contributed by atoms with van der Waals surface area (Å²) in [7, 11) is 0. The molecule has 0 saturated heterocycles. The smallest absolute Gasteiger partial charge is 0.328 e. The number of aliphatic carboxylic acids is 2. The van der Waals surface area contributed by atoms with Gasteiger partial charge in [0, 0.05) is 35.7 Å². The summed E-state index contributed by atoms with van der Waals surface area (Å²) in [6, 6.07) is 12.9. The highest BCUT2D eigenvalue weighted by Gasteiger charge is 1.99. The Balaban J connectivity index is 0.000000510. The molecule has 0 radical (unpaired) electrons. The number of hydrogen-bond donors (Lipinski definition) is 6. The Morgan fingerprint density at radius 1 is 0.750 bits per heavy atom. The summed E-state index contributed by atoms with van der Waals surface area (Å²) in [5, 5.41) is 15.7. The van der Waals surface area contributed by atoms with Crippen LogP contribution in [-0.4, -0.2) is 34.0 Å². The van der Waals surface area contributed by atoms with Gasteiger partial charge in [-0.05, 0) is 55.0 Å². The van der Waals surface area contributed by atoms with Crippen LogP contribution in [0.15, 0.2) is 66.8 Å². The molecule has 2 aromatic carbocycles. The quantitative estimate of drug-likeness (QED) is 0.277. The number of hydrogen-bond acceptors (Lipinski definition) is 7. The average Bonchev–Trinajstić information content (AvgIpc) is 2.70. The van der Waals surface area contributed by atoms with E-state index >= 15 is 0 Å². The van der Waals surface area contributed by atoms with Crippen LogP contribution in [-0.2, 0) is 19.2 Å². The molecular formula is C21H24N4O7. The van der Waals surface area contributed by atoms with E-state index in [0.717, 1.165) is 40.6 Å². The first-order valence-electron chi connectivity index (χ1n) is 8.71. The molecule has 0 heterocycles. The summed E-state index contributed by atoms with van der Waals surface area (Å²) in [5.74, 6) is -2.33. The van der Waals surface area contributed by atoms with Crippen molar-refractivity contribution in [1.29, 1.82) is 0 Å². The second kappa shape index (κ2) is 14.2. The molecule has 0 saturated carbocycles. The number of nitrogen functional groups attached to an aromatic ring is 2. The van der Waals surface area contributed by atoms with E-state index in [1.807, 2.05) is 37.3 Å². The number of ether oxygens (including phenoxy) is 1. The van der Waals surface area contributed by atoms with Crippen LogP contribution >= 0.6 is 0 Å². The number of anilines is 2. The Morgan fingerprint density at radius 2 is 1.19 bits per heavy atom. The maximum Gasteiger partial charge on any atom is 0.328 e. The summed E-state index contributed by atoms with van der Waals surface area (Å²) in [6.45, 7) is 1.95. The van der Waals surface area contributed by atoms with Gasteiger partial charge in [-0.25, -0.2) is 9.59 Å². The molecule has 0 aliphatic carbocycles. The number of carbonyl (C=O) groups is 4. The highest BCUT2D eigenvalue weighted by Crippen LogP contribution is 2.25. The molecule has 2 aromatic rings. The highest BCUT2D eigenvalue weighted by molar-refractivity contribution is 5.93. The van der Waals surface area contributed by atoms with Crippen LogP contribution in [0.1, 0.15) is 5.56 Å². The molecule has 0 unspecified atom stereocenters. The van der Waals surface area contributed by atoms with Gasteiger partial charge in [0.05, 0.1) is 0 Å². The lowest BCUT2D eigenvalue weighted by Crippen LogP contribution is -2.06. The van der Waals surface area contributed by atoms with Crippen molar-refractivity contribution >= 4 is 35.1 Å². The Labute approximate surface area is 183 Å². The number of amides is 2. The zero-order valence-corrected chi connectivity index (χ0v) is 17.1. The molecule has 2 rings (SSSR count). The van der Waals surface area contributed by atoms with Crippen LogP contribution in [0.2, 0.25) is 0 Å². The molecule has 0 fully saturated rings. The molecule has 170 valence electrons. The van der Waals surface area contributed by atoms with E-state index in [1.54, 1.807) is 12.1 Å². The van der Waals surface area contributed by atoms with E-state index in [-0.39, 0.29) is 0 Å². The minimum absolute atomic E-state index is 0.683. The third-order valence-corrected chi connectivity index (χ3v) is 3.14. The minimum Gasteiger partial charge on any atom is -0.478 e. The predicted molar refractivity (Wildman–Crippen MR) is 118 cm³/mol. The first-order chi connectivity index (χ1) is 14.9. The number of benzene rings is 2. The van der Waals surface area contributed by atoms with Crippen molar-refractivity contribution in [3.63, 3.8) is 0 Å². The molecular weight excluding hydrogens is 420 g/mol. The maximum atomic E-state index is 9.78. The molecule has 0 aromatic heterocycles. The molecule has 0 aliphatic heterocycles. The molecule has 0 spiro atoms. The first kappa shape index (κ1) is 27.2. The van der Waals surface area contributed by atoms with Crippen molar-refractivity contribution in [2.45, 2.75) is 6.92 Å². The van der Waals surface area contributed by atoms with Crippen molar-refractivity contribution in [2.75, 3.05) is 11.5 Å². The van der Waals surface area contributed by atoms with E-state index in [0.29, 0.717) is 12.2 Å².